The standard InChI is InChI=1S/C15H18ClN3O2S/c1-10-7-18(8-11(2)20-10)9-19-15(22)21-14(17-19)12-5-3-4-6-13(12)16/h3-6,10-11H,7-9H2,1-2H3/t10-,11-/m0/s1. The summed E-state index contributed by atoms with van der Waals surface area (Å²) in [6, 6.07) is 7.43. The van der Waals surface area contributed by atoms with E-state index in [4.69, 9.17) is 33.0 Å². The van der Waals surface area contributed by atoms with Gasteiger partial charge in [-0.1, -0.05) is 23.7 Å². The van der Waals surface area contributed by atoms with Gasteiger partial charge in [0, 0.05) is 13.1 Å². The molecule has 1 aromatic carbocycles. The van der Waals surface area contributed by atoms with Crippen LogP contribution in [0.2, 0.25) is 5.02 Å². The molecule has 22 heavy (non-hydrogen) atoms. The summed E-state index contributed by atoms with van der Waals surface area (Å²) < 4.78 is 13.0. The molecule has 1 saturated heterocycles. The molecule has 2 aromatic rings. The van der Waals surface area contributed by atoms with Crippen LogP contribution in [-0.4, -0.2) is 40.0 Å². The highest BCUT2D eigenvalue weighted by Crippen LogP contribution is 2.26. The number of hydrogen-bond donors (Lipinski definition) is 0. The first-order valence-corrected chi connectivity index (χ1v) is 8.02. The van der Waals surface area contributed by atoms with Crippen molar-refractivity contribution in [1.29, 1.82) is 0 Å². The quantitative estimate of drug-likeness (QED) is 0.799. The molecule has 2 atom stereocenters. The number of hydrogen-bond acceptors (Lipinski definition) is 5. The van der Waals surface area contributed by atoms with Crippen molar-refractivity contribution in [2.45, 2.75) is 32.7 Å². The number of nitrogens with zero attached hydrogens (tertiary/aromatic N) is 3. The molecule has 0 saturated carbocycles. The Kier molecular flexibility index (Phi) is 4.63. The average Bonchev–Trinajstić information content (AvgIpc) is 2.79. The lowest BCUT2D eigenvalue weighted by Crippen LogP contribution is -2.46. The number of halogens is 1. The molecule has 1 aromatic heterocycles. The van der Waals surface area contributed by atoms with Crippen molar-refractivity contribution in [3.05, 3.63) is 34.1 Å². The zero-order chi connectivity index (χ0) is 15.7. The van der Waals surface area contributed by atoms with Crippen LogP contribution in [0.5, 0.6) is 0 Å². The van der Waals surface area contributed by atoms with Gasteiger partial charge in [0.15, 0.2) is 0 Å². The fourth-order valence-electron chi connectivity index (χ4n) is 2.73. The number of aromatic nitrogens is 2. The Morgan fingerprint density at radius 3 is 2.64 bits per heavy atom. The third-order valence-corrected chi connectivity index (χ3v) is 4.16. The van der Waals surface area contributed by atoms with Gasteiger partial charge in [-0.2, -0.15) is 0 Å². The number of ether oxygens (including phenoxy) is 1. The van der Waals surface area contributed by atoms with Crippen molar-refractivity contribution in [2.24, 2.45) is 0 Å². The molecule has 0 radical (unpaired) electrons. The summed E-state index contributed by atoms with van der Waals surface area (Å²) in [6.07, 6.45) is 0.403. The van der Waals surface area contributed by atoms with Crippen molar-refractivity contribution in [1.82, 2.24) is 14.7 Å². The van der Waals surface area contributed by atoms with Gasteiger partial charge >= 0.3 is 0 Å². The molecule has 2 heterocycles. The molecule has 5 nitrogen and oxygen atoms in total. The molecule has 0 amide bonds. The van der Waals surface area contributed by atoms with E-state index >= 15 is 0 Å². The van der Waals surface area contributed by atoms with E-state index in [1.165, 1.54) is 0 Å². The van der Waals surface area contributed by atoms with Gasteiger partial charge in [-0.3, -0.25) is 4.90 Å². The summed E-state index contributed by atoms with van der Waals surface area (Å²) in [7, 11) is 0. The van der Waals surface area contributed by atoms with Gasteiger partial charge in [-0.15, -0.1) is 5.10 Å². The molecule has 118 valence electrons. The van der Waals surface area contributed by atoms with Crippen molar-refractivity contribution in [3.8, 4) is 11.5 Å². The molecule has 1 aliphatic rings. The van der Waals surface area contributed by atoms with Crippen LogP contribution in [0.3, 0.4) is 0 Å². The molecule has 0 unspecified atom stereocenters. The highest BCUT2D eigenvalue weighted by Gasteiger charge is 2.23. The molecule has 0 N–H and O–H groups in total. The molecule has 1 fully saturated rings. The largest absolute Gasteiger partial charge is 0.409 e. The maximum absolute atomic E-state index is 6.18. The first kappa shape index (κ1) is 15.7. The van der Waals surface area contributed by atoms with Gasteiger partial charge in [0.1, 0.15) is 0 Å². The second-order valence-electron chi connectivity index (χ2n) is 5.59. The van der Waals surface area contributed by atoms with Crippen LogP contribution in [-0.2, 0) is 11.4 Å². The number of rotatable bonds is 3. The lowest BCUT2D eigenvalue weighted by molar-refractivity contribution is -0.0778. The minimum absolute atomic E-state index is 0.202. The fourth-order valence-corrected chi connectivity index (χ4v) is 3.12. The lowest BCUT2D eigenvalue weighted by atomic mass is 10.2. The zero-order valence-electron chi connectivity index (χ0n) is 12.5. The minimum Gasteiger partial charge on any atom is -0.409 e. The van der Waals surface area contributed by atoms with E-state index in [1.807, 2.05) is 18.2 Å². The van der Waals surface area contributed by atoms with Crippen LogP contribution in [0.1, 0.15) is 13.8 Å². The second kappa shape index (κ2) is 6.50. The van der Waals surface area contributed by atoms with E-state index in [-0.39, 0.29) is 12.2 Å². The summed E-state index contributed by atoms with van der Waals surface area (Å²) in [4.78, 5) is 2.61. The topological polar surface area (TPSA) is 43.4 Å². The van der Waals surface area contributed by atoms with Crippen molar-refractivity contribution in [2.75, 3.05) is 13.1 Å². The van der Waals surface area contributed by atoms with Crippen LogP contribution >= 0.6 is 23.8 Å². The summed E-state index contributed by atoms with van der Waals surface area (Å²) in [5, 5.41) is 5.06. The lowest BCUT2D eigenvalue weighted by Gasteiger charge is -2.34. The highest BCUT2D eigenvalue weighted by atomic mass is 35.5. The van der Waals surface area contributed by atoms with E-state index < -0.39 is 0 Å². The first-order chi connectivity index (χ1) is 10.5. The van der Waals surface area contributed by atoms with E-state index in [0.717, 1.165) is 18.7 Å². The van der Waals surface area contributed by atoms with Gasteiger partial charge in [0.2, 0.25) is 5.89 Å². The van der Waals surface area contributed by atoms with Crippen molar-refractivity contribution < 1.29 is 9.15 Å². The molecule has 0 spiro atoms. The number of benzene rings is 1. The monoisotopic (exact) mass is 339 g/mol. The Hall–Kier alpha value is -1.21. The minimum atomic E-state index is 0.202. The van der Waals surface area contributed by atoms with Crippen molar-refractivity contribution >= 4 is 23.8 Å². The SMILES string of the molecule is C[C@H]1CN(Cn2nc(-c3ccccc3Cl)oc2=S)C[C@H](C)O1. The van der Waals surface area contributed by atoms with Crippen LogP contribution in [0, 0.1) is 4.84 Å². The summed E-state index contributed by atoms with van der Waals surface area (Å²) in [6.45, 7) is 6.42. The Morgan fingerprint density at radius 1 is 1.27 bits per heavy atom. The summed E-state index contributed by atoms with van der Waals surface area (Å²) in [5.74, 6) is 0.449. The zero-order valence-corrected chi connectivity index (χ0v) is 14.1. The van der Waals surface area contributed by atoms with Gasteiger partial charge in [-0.25, -0.2) is 4.68 Å². The van der Waals surface area contributed by atoms with E-state index in [1.54, 1.807) is 10.7 Å². The third-order valence-electron chi connectivity index (χ3n) is 3.54. The third kappa shape index (κ3) is 3.41. The second-order valence-corrected chi connectivity index (χ2v) is 6.34. The Labute approximate surface area is 139 Å². The Morgan fingerprint density at radius 2 is 1.95 bits per heavy atom. The van der Waals surface area contributed by atoms with Gasteiger partial charge < -0.3 is 9.15 Å². The van der Waals surface area contributed by atoms with Gasteiger partial charge in [0.05, 0.1) is 29.5 Å². The van der Waals surface area contributed by atoms with Crippen LogP contribution < -0.4 is 0 Å². The number of morpholine rings is 1. The summed E-state index contributed by atoms with van der Waals surface area (Å²) in [5.41, 5.74) is 0.748. The summed E-state index contributed by atoms with van der Waals surface area (Å²) >= 11 is 11.5. The molecule has 0 bridgehead atoms. The van der Waals surface area contributed by atoms with Gasteiger partial charge in [-0.05, 0) is 38.2 Å². The predicted octanol–water partition coefficient (Wildman–Crippen LogP) is 3.59. The van der Waals surface area contributed by atoms with Crippen LogP contribution in [0.15, 0.2) is 28.7 Å². The molecule has 0 aliphatic carbocycles. The van der Waals surface area contributed by atoms with E-state index in [2.05, 4.69) is 23.8 Å². The molecule has 7 heteroatoms. The molecule has 1 aliphatic heterocycles. The predicted molar refractivity (Wildman–Crippen MR) is 87.4 cm³/mol. The van der Waals surface area contributed by atoms with Crippen molar-refractivity contribution in [3.63, 3.8) is 0 Å². The maximum Gasteiger partial charge on any atom is 0.288 e. The molecular weight excluding hydrogens is 322 g/mol. The first-order valence-electron chi connectivity index (χ1n) is 7.23. The Balaban J connectivity index is 1.81. The highest BCUT2D eigenvalue weighted by molar-refractivity contribution is 7.71. The van der Waals surface area contributed by atoms with E-state index in [9.17, 15) is 0 Å². The Bertz CT molecular complexity index is 705. The van der Waals surface area contributed by atoms with Crippen LogP contribution in [0.25, 0.3) is 11.5 Å². The molecular formula is C15H18ClN3O2S. The normalized spacial score (nSPS) is 22.9. The average molecular weight is 340 g/mol. The molecule has 3 rings (SSSR count). The maximum atomic E-state index is 6.18. The smallest absolute Gasteiger partial charge is 0.288 e. The van der Waals surface area contributed by atoms with Gasteiger partial charge in [0.25, 0.3) is 4.84 Å². The van der Waals surface area contributed by atoms with Crippen LogP contribution in [0.4, 0.5) is 0 Å². The fraction of sp³-hybridized carbons (Fsp3) is 0.467. The van der Waals surface area contributed by atoms with E-state index in [0.29, 0.717) is 22.4 Å².